The number of fused-ring (bicyclic) bond motifs is 1. The Hall–Kier alpha value is -1.55. The van der Waals surface area contributed by atoms with Crippen molar-refractivity contribution in [2.45, 2.75) is 19.1 Å². The van der Waals surface area contributed by atoms with Crippen molar-refractivity contribution in [3.8, 4) is 0 Å². The molecule has 4 nitrogen and oxygen atoms in total. The first-order valence-corrected chi connectivity index (χ1v) is 5.19. The highest BCUT2D eigenvalue weighted by molar-refractivity contribution is 5.91. The molecule has 0 aromatic heterocycles. The van der Waals surface area contributed by atoms with Gasteiger partial charge in [0.25, 0.3) is 0 Å². The van der Waals surface area contributed by atoms with Crippen LogP contribution in [0.5, 0.6) is 0 Å². The molecule has 16 heavy (non-hydrogen) atoms. The van der Waals surface area contributed by atoms with E-state index in [-0.39, 0.29) is 18.2 Å². The first kappa shape index (κ1) is 11.0. The van der Waals surface area contributed by atoms with E-state index in [1.165, 1.54) is 7.11 Å². The topological polar surface area (TPSA) is 38.8 Å². The summed E-state index contributed by atoms with van der Waals surface area (Å²) in [4.78, 5) is 13.3. The van der Waals surface area contributed by atoms with E-state index in [0.717, 1.165) is 11.3 Å². The summed E-state index contributed by atoms with van der Waals surface area (Å²) in [7, 11) is 3.04. The molecule has 0 N–H and O–H groups in total. The first-order valence-electron chi connectivity index (χ1n) is 5.19. The molecular formula is C12H15NO3. The lowest BCUT2D eigenvalue weighted by Gasteiger charge is -2.23. The Kier molecular flexibility index (Phi) is 2.83. The first-order chi connectivity index (χ1) is 7.70. The van der Waals surface area contributed by atoms with Gasteiger partial charge in [0, 0.05) is 12.7 Å². The lowest BCUT2D eigenvalue weighted by Crippen LogP contribution is -2.37. The van der Waals surface area contributed by atoms with Crippen LogP contribution < -0.4 is 4.90 Å². The zero-order chi connectivity index (χ0) is 11.7. The number of benzene rings is 1. The summed E-state index contributed by atoms with van der Waals surface area (Å²) < 4.78 is 10.2. The van der Waals surface area contributed by atoms with Crippen molar-refractivity contribution in [1.82, 2.24) is 0 Å². The maximum atomic E-state index is 11.7. The van der Waals surface area contributed by atoms with Crippen LogP contribution in [0, 0.1) is 0 Å². The van der Waals surface area contributed by atoms with Crippen LogP contribution in [0.15, 0.2) is 24.3 Å². The van der Waals surface area contributed by atoms with Crippen LogP contribution in [-0.2, 0) is 9.47 Å². The molecule has 1 aromatic carbocycles. The van der Waals surface area contributed by atoms with Gasteiger partial charge in [-0.05, 0) is 13.0 Å². The van der Waals surface area contributed by atoms with E-state index < -0.39 is 0 Å². The SMILES string of the molecule is COC(=O)N1c2ccccc2[C@H](OC)[C@H]1C. The minimum Gasteiger partial charge on any atom is -0.452 e. The Morgan fingerprint density at radius 2 is 2.00 bits per heavy atom. The smallest absolute Gasteiger partial charge is 0.414 e. The van der Waals surface area contributed by atoms with E-state index in [9.17, 15) is 4.79 Å². The molecular weight excluding hydrogens is 206 g/mol. The summed E-state index contributed by atoms with van der Waals surface area (Å²) in [6.45, 7) is 1.95. The molecule has 1 aliphatic rings. The van der Waals surface area contributed by atoms with Crippen molar-refractivity contribution < 1.29 is 14.3 Å². The molecule has 0 fully saturated rings. The van der Waals surface area contributed by atoms with Gasteiger partial charge < -0.3 is 9.47 Å². The number of ether oxygens (including phenoxy) is 2. The van der Waals surface area contributed by atoms with Gasteiger partial charge in [0.05, 0.1) is 18.8 Å². The normalized spacial score (nSPS) is 23.1. The molecule has 1 aromatic rings. The number of carbonyl (C=O) groups excluding carboxylic acids is 1. The van der Waals surface area contributed by atoms with Gasteiger partial charge in [-0.25, -0.2) is 4.79 Å². The average Bonchev–Trinajstić information content (AvgIpc) is 2.60. The van der Waals surface area contributed by atoms with Crippen LogP contribution in [0.4, 0.5) is 10.5 Å². The highest BCUT2D eigenvalue weighted by Crippen LogP contribution is 2.41. The summed E-state index contributed by atoms with van der Waals surface area (Å²) in [6.07, 6.45) is -0.435. The number of hydrogen-bond acceptors (Lipinski definition) is 3. The van der Waals surface area contributed by atoms with Crippen molar-refractivity contribution in [2.75, 3.05) is 19.1 Å². The summed E-state index contributed by atoms with van der Waals surface area (Å²) in [5.74, 6) is 0. The van der Waals surface area contributed by atoms with Crippen molar-refractivity contribution in [3.63, 3.8) is 0 Å². The minimum absolute atomic E-state index is 0.0464. The Bertz CT molecular complexity index is 405. The molecule has 86 valence electrons. The quantitative estimate of drug-likeness (QED) is 0.730. The minimum atomic E-state index is -0.348. The second-order valence-corrected chi connectivity index (χ2v) is 3.80. The monoisotopic (exact) mass is 221 g/mol. The average molecular weight is 221 g/mol. The summed E-state index contributed by atoms with van der Waals surface area (Å²) in [5.41, 5.74) is 1.90. The number of amides is 1. The number of nitrogens with zero attached hydrogens (tertiary/aromatic N) is 1. The fraction of sp³-hybridized carbons (Fsp3) is 0.417. The third kappa shape index (κ3) is 1.46. The molecule has 0 bridgehead atoms. The Balaban J connectivity index is 2.46. The van der Waals surface area contributed by atoms with Crippen molar-refractivity contribution in [1.29, 1.82) is 0 Å². The van der Waals surface area contributed by atoms with E-state index in [1.54, 1.807) is 12.0 Å². The fourth-order valence-electron chi connectivity index (χ4n) is 2.25. The molecule has 0 unspecified atom stereocenters. The Labute approximate surface area is 94.8 Å². The van der Waals surface area contributed by atoms with E-state index in [1.807, 2.05) is 31.2 Å². The molecule has 0 saturated heterocycles. The van der Waals surface area contributed by atoms with Gasteiger partial charge in [0.1, 0.15) is 6.10 Å². The van der Waals surface area contributed by atoms with Crippen LogP contribution in [0.1, 0.15) is 18.6 Å². The summed E-state index contributed by atoms with van der Waals surface area (Å²) in [5, 5.41) is 0. The second kappa shape index (κ2) is 4.14. The molecule has 0 aliphatic carbocycles. The molecule has 4 heteroatoms. The molecule has 0 saturated carbocycles. The zero-order valence-corrected chi connectivity index (χ0v) is 9.64. The van der Waals surface area contributed by atoms with Gasteiger partial charge >= 0.3 is 6.09 Å². The number of hydrogen-bond donors (Lipinski definition) is 0. The number of para-hydroxylation sites is 1. The molecule has 0 spiro atoms. The second-order valence-electron chi connectivity index (χ2n) is 3.80. The lowest BCUT2D eigenvalue weighted by atomic mass is 10.1. The molecule has 1 heterocycles. The standard InChI is InChI=1S/C12H15NO3/c1-8-11(15-2)9-6-4-5-7-10(9)13(8)12(14)16-3/h4-8,11H,1-3H3/t8-,11-/m1/s1. The van der Waals surface area contributed by atoms with Crippen molar-refractivity contribution >= 4 is 11.8 Å². The van der Waals surface area contributed by atoms with Gasteiger partial charge in [-0.1, -0.05) is 18.2 Å². The van der Waals surface area contributed by atoms with Gasteiger partial charge in [-0.15, -0.1) is 0 Å². The summed E-state index contributed by atoms with van der Waals surface area (Å²) >= 11 is 0. The van der Waals surface area contributed by atoms with Crippen LogP contribution >= 0.6 is 0 Å². The molecule has 1 amide bonds. The largest absolute Gasteiger partial charge is 0.452 e. The van der Waals surface area contributed by atoms with E-state index in [2.05, 4.69) is 0 Å². The van der Waals surface area contributed by atoms with E-state index >= 15 is 0 Å². The van der Waals surface area contributed by atoms with Gasteiger partial charge in [0.15, 0.2) is 0 Å². The van der Waals surface area contributed by atoms with E-state index in [0.29, 0.717) is 0 Å². The molecule has 0 radical (unpaired) electrons. The lowest BCUT2D eigenvalue weighted by molar-refractivity contribution is 0.0896. The molecule has 2 atom stereocenters. The van der Waals surface area contributed by atoms with Crippen LogP contribution in [0.2, 0.25) is 0 Å². The zero-order valence-electron chi connectivity index (χ0n) is 9.64. The van der Waals surface area contributed by atoms with Gasteiger partial charge in [0.2, 0.25) is 0 Å². The van der Waals surface area contributed by atoms with Crippen molar-refractivity contribution in [2.24, 2.45) is 0 Å². The van der Waals surface area contributed by atoms with E-state index in [4.69, 9.17) is 9.47 Å². The molecule has 1 aliphatic heterocycles. The predicted octanol–water partition coefficient (Wildman–Crippen LogP) is 2.35. The third-order valence-corrected chi connectivity index (χ3v) is 2.97. The maximum absolute atomic E-state index is 11.7. The van der Waals surface area contributed by atoms with Crippen LogP contribution in [0.3, 0.4) is 0 Å². The predicted molar refractivity (Wildman–Crippen MR) is 60.5 cm³/mol. The van der Waals surface area contributed by atoms with Crippen LogP contribution in [-0.4, -0.2) is 26.4 Å². The number of anilines is 1. The number of rotatable bonds is 1. The number of methoxy groups -OCH3 is 2. The summed E-state index contributed by atoms with van der Waals surface area (Å²) in [6, 6.07) is 7.68. The maximum Gasteiger partial charge on any atom is 0.414 e. The fourth-order valence-corrected chi connectivity index (χ4v) is 2.25. The molecule has 2 rings (SSSR count). The Morgan fingerprint density at radius 1 is 1.31 bits per heavy atom. The number of carbonyl (C=O) groups is 1. The highest BCUT2D eigenvalue weighted by atomic mass is 16.5. The third-order valence-electron chi connectivity index (χ3n) is 2.97. The van der Waals surface area contributed by atoms with Gasteiger partial charge in [-0.2, -0.15) is 0 Å². The van der Waals surface area contributed by atoms with Gasteiger partial charge in [-0.3, -0.25) is 4.90 Å². The highest BCUT2D eigenvalue weighted by Gasteiger charge is 2.39. The van der Waals surface area contributed by atoms with Crippen LogP contribution in [0.25, 0.3) is 0 Å². The Morgan fingerprint density at radius 3 is 2.62 bits per heavy atom. The van der Waals surface area contributed by atoms with Crippen molar-refractivity contribution in [3.05, 3.63) is 29.8 Å².